The minimum absolute atomic E-state index is 0.0659. The number of nitrogens with one attached hydrogen (secondary N) is 2. The van der Waals surface area contributed by atoms with E-state index in [-0.39, 0.29) is 5.41 Å². The molecule has 1 aromatic rings. The molecule has 1 rings (SSSR count). The topological polar surface area (TPSA) is 58.2 Å². The van der Waals surface area contributed by atoms with Crippen LogP contribution in [0.25, 0.3) is 0 Å². The summed E-state index contributed by atoms with van der Waals surface area (Å²) in [6, 6.07) is 1.77. The minimum Gasteiger partial charge on any atom is -0.312 e. The summed E-state index contributed by atoms with van der Waals surface area (Å²) in [5, 5.41) is 3.21. The molecular formula is C13H24N2O2S2. The normalized spacial score (nSPS) is 12.9. The monoisotopic (exact) mass is 304 g/mol. The van der Waals surface area contributed by atoms with Crippen LogP contribution < -0.4 is 10.0 Å². The number of rotatable bonds is 6. The zero-order valence-electron chi connectivity index (χ0n) is 12.3. The molecule has 1 aromatic heterocycles. The van der Waals surface area contributed by atoms with Crippen molar-refractivity contribution in [3.63, 3.8) is 0 Å². The van der Waals surface area contributed by atoms with Crippen LogP contribution in [0.3, 0.4) is 0 Å². The Morgan fingerprint density at radius 3 is 2.47 bits per heavy atom. The van der Waals surface area contributed by atoms with Gasteiger partial charge in [0.1, 0.15) is 0 Å². The highest BCUT2D eigenvalue weighted by atomic mass is 32.2. The Morgan fingerprint density at radius 1 is 1.32 bits per heavy atom. The number of thiophene rings is 1. The first-order valence-corrected chi connectivity index (χ1v) is 8.75. The van der Waals surface area contributed by atoms with Crippen LogP contribution in [-0.2, 0) is 16.6 Å². The van der Waals surface area contributed by atoms with Crippen molar-refractivity contribution in [2.75, 3.05) is 13.1 Å². The standard InChI is InChI=1S/C13H24N2O2S2/c1-6-14-8-11-7-12(10(2)18-11)19(16,17)15-9-13(3,4)5/h7,14-15H,6,8-9H2,1-5H3. The third-order valence-electron chi connectivity index (χ3n) is 2.55. The Balaban J connectivity index is 2.86. The molecule has 0 spiro atoms. The highest BCUT2D eigenvalue weighted by molar-refractivity contribution is 7.89. The van der Waals surface area contributed by atoms with E-state index in [0.717, 1.165) is 22.8 Å². The van der Waals surface area contributed by atoms with E-state index < -0.39 is 10.0 Å². The first-order valence-electron chi connectivity index (χ1n) is 6.45. The largest absolute Gasteiger partial charge is 0.312 e. The summed E-state index contributed by atoms with van der Waals surface area (Å²) in [4.78, 5) is 2.31. The van der Waals surface area contributed by atoms with Crippen molar-refractivity contribution in [1.82, 2.24) is 10.0 Å². The van der Waals surface area contributed by atoms with E-state index in [4.69, 9.17) is 0 Å². The van der Waals surface area contributed by atoms with E-state index in [1.807, 2.05) is 34.6 Å². The molecule has 0 unspecified atom stereocenters. The lowest BCUT2D eigenvalue weighted by Gasteiger charge is -2.18. The molecule has 4 nitrogen and oxygen atoms in total. The molecule has 6 heteroatoms. The third kappa shape index (κ3) is 5.22. The molecule has 110 valence electrons. The molecular weight excluding hydrogens is 280 g/mol. The van der Waals surface area contributed by atoms with Crippen LogP contribution in [0.2, 0.25) is 0 Å². The predicted molar refractivity (Wildman–Crippen MR) is 81.1 cm³/mol. The van der Waals surface area contributed by atoms with Gasteiger partial charge in [-0.3, -0.25) is 0 Å². The van der Waals surface area contributed by atoms with E-state index >= 15 is 0 Å². The summed E-state index contributed by atoms with van der Waals surface area (Å²) >= 11 is 1.53. The first-order chi connectivity index (χ1) is 8.65. The highest BCUT2D eigenvalue weighted by Gasteiger charge is 2.22. The number of hydrogen-bond acceptors (Lipinski definition) is 4. The van der Waals surface area contributed by atoms with Crippen LogP contribution >= 0.6 is 11.3 Å². The van der Waals surface area contributed by atoms with Gasteiger partial charge >= 0.3 is 0 Å². The van der Waals surface area contributed by atoms with Gasteiger partial charge in [0.15, 0.2) is 0 Å². The second-order valence-corrected chi connectivity index (χ2v) is 8.87. The van der Waals surface area contributed by atoms with E-state index in [1.54, 1.807) is 6.07 Å². The van der Waals surface area contributed by atoms with Crippen molar-refractivity contribution >= 4 is 21.4 Å². The molecule has 0 radical (unpaired) electrons. The lowest BCUT2D eigenvalue weighted by molar-refractivity contribution is 0.407. The van der Waals surface area contributed by atoms with Crippen molar-refractivity contribution in [3.05, 3.63) is 15.8 Å². The fourth-order valence-electron chi connectivity index (χ4n) is 1.52. The zero-order valence-corrected chi connectivity index (χ0v) is 14.0. The van der Waals surface area contributed by atoms with Crippen molar-refractivity contribution in [2.45, 2.75) is 46.1 Å². The maximum Gasteiger partial charge on any atom is 0.241 e. The second kappa shape index (κ2) is 6.35. The van der Waals surface area contributed by atoms with E-state index in [1.165, 1.54) is 11.3 Å². The van der Waals surface area contributed by atoms with Gasteiger partial charge in [-0.2, -0.15) is 0 Å². The minimum atomic E-state index is -3.40. The molecule has 0 amide bonds. The Bertz CT molecular complexity index is 513. The van der Waals surface area contributed by atoms with Crippen LogP contribution in [0.1, 0.15) is 37.4 Å². The van der Waals surface area contributed by atoms with Gasteiger partial charge in [0.25, 0.3) is 0 Å². The van der Waals surface area contributed by atoms with Crippen LogP contribution in [0.15, 0.2) is 11.0 Å². The SMILES string of the molecule is CCNCc1cc(S(=O)(=O)NCC(C)(C)C)c(C)s1. The maximum atomic E-state index is 12.3. The van der Waals surface area contributed by atoms with Crippen LogP contribution in [0.5, 0.6) is 0 Å². The maximum absolute atomic E-state index is 12.3. The van der Waals surface area contributed by atoms with Gasteiger partial charge in [0.2, 0.25) is 10.0 Å². The molecule has 0 saturated heterocycles. The first kappa shape index (κ1) is 16.6. The quantitative estimate of drug-likeness (QED) is 0.849. The molecule has 0 aliphatic rings. The van der Waals surface area contributed by atoms with Gasteiger partial charge in [-0.25, -0.2) is 13.1 Å². The fraction of sp³-hybridized carbons (Fsp3) is 0.692. The average molecular weight is 304 g/mol. The predicted octanol–water partition coefficient (Wildman–Crippen LogP) is 2.49. The molecule has 0 aliphatic carbocycles. The van der Waals surface area contributed by atoms with Crippen molar-refractivity contribution < 1.29 is 8.42 Å². The highest BCUT2D eigenvalue weighted by Crippen LogP contribution is 2.26. The molecule has 19 heavy (non-hydrogen) atoms. The second-order valence-electron chi connectivity index (χ2n) is 5.80. The third-order valence-corrected chi connectivity index (χ3v) is 5.26. The van der Waals surface area contributed by atoms with E-state index in [2.05, 4.69) is 10.0 Å². The van der Waals surface area contributed by atoms with E-state index in [9.17, 15) is 8.42 Å². The lowest BCUT2D eigenvalue weighted by atomic mass is 9.98. The van der Waals surface area contributed by atoms with Crippen LogP contribution in [0.4, 0.5) is 0 Å². The Labute approximate surface area is 120 Å². The van der Waals surface area contributed by atoms with Gasteiger partial charge in [-0.05, 0) is 24.9 Å². The molecule has 0 atom stereocenters. The van der Waals surface area contributed by atoms with E-state index in [0.29, 0.717) is 11.4 Å². The smallest absolute Gasteiger partial charge is 0.241 e. The molecule has 2 N–H and O–H groups in total. The summed E-state index contributed by atoms with van der Waals surface area (Å²) in [6.07, 6.45) is 0. The number of hydrogen-bond donors (Lipinski definition) is 2. The van der Waals surface area contributed by atoms with Crippen LogP contribution in [0, 0.1) is 12.3 Å². The lowest BCUT2D eigenvalue weighted by Crippen LogP contribution is -2.32. The summed E-state index contributed by atoms with van der Waals surface area (Å²) < 4.78 is 27.2. The fourth-order valence-corrected chi connectivity index (χ4v) is 4.40. The molecule has 1 heterocycles. The van der Waals surface area contributed by atoms with Gasteiger partial charge in [-0.1, -0.05) is 27.7 Å². The van der Waals surface area contributed by atoms with Crippen LogP contribution in [-0.4, -0.2) is 21.5 Å². The molecule has 0 saturated carbocycles. The van der Waals surface area contributed by atoms with Crippen molar-refractivity contribution in [3.8, 4) is 0 Å². The Morgan fingerprint density at radius 2 is 1.95 bits per heavy atom. The van der Waals surface area contributed by atoms with Gasteiger partial charge < -0.3 is 5.32 Å². The number of sulfonamides is 1. The Hall–Kier alpha value is -0.430. The molecule has 0 fully saturated rings. The van der Waals surface area contributed by atoms with Crippen molar-refractivity contribution in [1.29, 1.82) is 0 Å². The summed E-state index contributed by atoms with van der Waals surface area (Å²) in [5.41, 5.74) is -0.0659. The molecule has 0 bridgehead atoms. The molecule has 0 aromatic carbocycles. The number of aryl methyl sites for hydroxylation is 1. The van der Waals surface area contributed by atoms with Gasteiger partial charge in [0, 0.05) is 22.8 Å². The summed E-state index contributed by atoms with van der Waals surface area (Å²) in [6.45, 7) is 11.9. The van der Waals surface area contributed by atoms with Crippen molar-refractivity contribution in [2.24, 2.45) is 5.41 Å². The average Bonchev–Trinajstić information content (AvgIpc) is 2.65. The van der Waals surface area contributed by atoms with Gasteiger partial charge in [-0.15, -0.1) is 11.3 Å². The zero-order chi connectivity index (χ0) is 14.7. The summed E-state index contributed by atoms with van der Waals surface area (Å²) in [7, 11) is -3.40. The summed E-state index contributed by atoms with van der Waals surface area (Å²) in [5.74, 6) is 0. The Kier molecular flexibility index (Phi) is 5.55. The molecule has 0 aliphatic heterocycles. The van der Waals surface area contributed by atoms with Gasteiger partial charge in [0.05, 0.1) is 4.90 Å².